The van der Waals surface area contributed by atoms with Crippen LogP contribution in [0.25, 0.3) is 0 Å². The first-order valence-corrected chi connectivity index (χ1v) is 17.6. The molecule has 264 valence electrons. The molecule has 0 amide bonds. The van der Waals surface area contributed by atoms with Crippen LogP contribution >= 0.6 is 15.9 Å². The highest BCUT2D eigenvalue weighted by atomic mass is 79.9. The number of carbonyl (C=O) groups excluding carboxylic acids is 3. The number of hydrogen-bond acceptors (Lipinski definition) is 10. The van der Waals surface area contributed by atoms with Crippen molar-refractivity contribution in [1.82, 2.24) is 0 Å². The topological polar surface area (TPSA) is 127 Å². The van der Waals surface area contributed by atoms with Crippen LogP contribution in [0.15, 0.2) is 82.4 Å². The molecule has 3 aliphatic carbocycles. The van der Waals surface area contributed by atoms with Gasteiger partial charge in [-0.1, -0.05) is 56.0 Å². The van der Waals surface area contributed by atoms with E-state index in [0.717, 1.165) is 11.1 Å². The number of aliphatic hydroxyl groups is 1. The molecule has 11 heteroatoms. The average molecular weight is 750 g/mol. The zero-order valence-electron chi connectivity index (χ0n) is 28.7. The maximum Gasteiger partial charge on any atom is 0.310 e. The van der Waals surface area contributed by atoms with Crippen LogP contribution < -0.4 is 9.47 Å². The van der Waals surface area contributed by atoms with Crippen molar-refractivity contribution in [3.05, 3.63) is 93.5 Å². The second-order valence-corrected chi connectivity index (χ2v) is 15.2. The normalized spacial score (nSPS) is 35.0. The standard InChI is InChI=1S/C39H41BrO10/c1-21(2)37-17-23(4)39-28(35(37)48-38(49-37,50-39)19-25-10-8-7-9-11-25)13-27(18-36(44)31(39)12-22(3)34(36)43)20-46-32(42)16-26-14-29(40)33(47-24(5)41)30(15-26)45-6/h7-15,23,28,31,35,44H,1,16-20H2,2-6H3/t23-,28+,31-,35?,36-,37+,38?,39?/m1/s1. The number of methoxy groups -OCH3 is 1. The number of ketones is 1. The van der Waals surface area contributed by atoms with Gasteiger partial charge in [0.15, 0.2) is 17.3 Å². The lowest BCUT2D eigenvalue weighted by Crippen LogP contribution is -2.70. The average Bonchev–Trinajstić information content (AvgIpc) is 3.36. The predicted octanol–water partition coefficient (Wildman–Crippen LogP) is 5.73. The predicted molar refractivity (Wildman–Crippen MR) is 184 cm³/mol. The molecule has 2 saturated heterocycles. The van der Waals surface area contributed by atoms with Crippen LogP contribution in [0.4, 0.5) is 0 Å². The molecule has 10 nitrogen and oxygen atoms in total. The minimum absolute atomic E-state index is 0.0399. The molecule has 7 rings (SSSR count). The highest BCUT2D eigenvalue weighted by Crippen LogP contribution is 2.68. The number of fused-ring (bicyclic) bond motifs is 2. The molecule has 0 radical (unpaired) electrons. The smallest absolute Gasteiger partial charge is 0.310 e. The Morgan fingerprint density at radius 3 is 2.52 bits per heavy atom. The van der Waals surface area contributed by atoms with E-state index in [-0.39, 0.29) is 42.6 Å². The van der Waals surface area contributed by atoms with Crippen LogP contribution in [-0.4, -0.2) is 65.4 Å². The Hall–Kier alpha value is -3.61. The summed E-state index contributed by atoms with van der Waals surface area (Å²) >= 11 is 3.39. The Bertz CT molecular complexity index is 1850. The summed E-state index contributed by atoms with van der Waals surface area (Å²) in [5, 5.41) is 12.5. The molecule has 3 bridgehead atoms. The Balaban J connectivity index is 1.23. The number of ether oxygens (including phenoxy) is 6. The van der Waals surface area contributed by atoms with Gasteiger partial charge in [0.2, 0.25) is 0 Å². The van der Waals surface area contributed by atoms with Gasteiger partial charge in [0.25, 0.3) is 5.97 Å². The summed E-state index contributed by atoms with van der Waals surface area (Å²) < 4.78 is 37.8. The quantitative estimate of drug-likeness (QED) is 0.193. The summed E-state index contributed by atoms with van der Waals surface area (Å²) in [6.45, 7) is 11.2. The van der Waals surface area contributed by atoms with E-state index in [4.69, 9.17) is 28.4 Å². The summed E-state index contributed by atoms with van der Waals surface area (Å²) in [4.78, 5) is 38.7. The van der Waals surface area contributed by atoms with Gasteiger partial charge in [0.1, 0.15) is 23.9 Å². The second kappa shape index (κ2) is 12.3. The molecule has 3 fully saturated rings. The third-order valence-electron chi connectivity index (χ3n) is 11.0. The van der Waals surface area contributed by atoms with E-state index < -0.39 is 52.7 Å². The van der Waals surface area contributed by atoms with Gasteiger partial charge in [-0.25, -0.2) is 0 Å². The third kappa shape index (κ3) is 5.32. The number of benzene rings is 2. The second-order valence-electron chi connectivity index (χ2n) is 14.4. The minimum Gasteiger partial charge on any atom is -0.493 e. The summed E-state index contributed by atoms with van der Waals surface area (Å²) in [6.07, 6.45) is 3.98. The number of hydrogen-bond donors (Lipinski definition) is 1. The molecular weight excluding hydrogens is 708 g/mol. The third-order valence-corrected chi connectivity index (χ3v) is 11.6. The van der Waals surface area contributed by atoms with Crippen LogP contribution in [0.5, 0.6) is 11.5 Å². The molecule has 8 atom stereocenters. The molecule has 3 unspecified atom stereocenters. The Morgan fingerprint density at radius 2 is 1.84 bits per heavy atom. The van der Waals surface area contributed by atoms with Crippen LogP contribution in [-0.2, 0) is 46.2 Å². The number of Topliss-reactive ketones (excluding diaryl/α,β-unsaturated/α-hetero) is 1. The highest BCUT2D eigenvalue weighted by Gasteiger charge is 2.79. The summed E-state index contributed by atoms with van der Waals surface area (Å²) in [7, 11) is 1.44. The SMILES string of the molecule is C=C(C)[C@@]12C[C@@H](C)C34OC(Cc5ccccc5)(OC1[C@@H]3C=C(COC(=O)Cc1cc(Br)c(OC(C)=O)c(OC)c1)C[C@]1(O)C(=O)C(C)=C[C@@H]41)O2. The van der Waals surface area contributed by atoms with E-state index in [9.17, 15) is 19.5 Å². The van der Waals surface area contributed by atoms with E-state index in [1.807, 2.05) is 49.4 Å². The van der Waals surface area contributed by atoms with Crippen molar-refractivity contribution in [3.63, 3.8) is 0 Å². The fourth-order valence-electron chi connectivity index (χ4n) is 9.00. The van der Waals surface area contributed by atoms with Crippen LogP contribution in [0.1, 0.15) is 51.7 Å². The Labute approximate surface area is 299 Å². The van der Waals surface area contributed by atoms with Crippen molar-refractivity contribution in [1.29, 1.82) is 0 Å². The lowest BCUT2D eigenvalue weighted by atomic mass is 9.55. The Morgan fingerprint density at radius 1 is 1.10 bits per heavy atom. The van der Waals surface area contributed by atoms with Crippen LogP contribution in [0.3, 0.4) is 0 Å². The lowest BCUT2D eigenvalue weighted by Gasteiger charge is -2.59. The maximum atomic E-state index is 13.9. The molecule has 2 aromatic carbocycles. The number of halogens is 1. The van der Waals surface area contributed by atoms with E-state index in [1.54, 1.807) is 19.1 Å². The van der Waals surface area contributed by atoms with Gasteiger partial charge >= 0.3 is 11.9 Å². The molecule has 1 N–H and O–H groups in total. The molecule has 50 heavy (non-hydrogen) atoms. The zero-order chi connectivity index (χ0) is 35.8. The van der Waals surface area contributed by atoms with Crippen molar-refractivity contribution in [2.24, 2.45) is 17.8 Å². The van der Waals surface area contributed by atoms with E-state index in [2.05, 4.69) is 29.4 Å². The molecular formula is C39H41BrO10. The zero-order valence-corrected chi connectivity index (χ0v) is 30.3. The number of rotatable bonds is 9. The molecule has 1 saturated carbocycles. The van der Waals surface area contributed by atoms with Gasteiger partial charge in [0, 0.05) is 25.2 Å². The van der Waals surface area contributed by atoms with Crippen molar-refractivity contribution < 1.29 is 47.9 Å². The molecule has 5 aliphatic rings. The van der Waals surface area contributed by atoms with E-state index >= 15 is 0 Å². The van der Waals surface area contributed by atoms with E-state index in [0.29, 0.717) is 34.0 Å². The fourth-order valence-corrected chi connectivity index (χ4v) is 9.57. The summed E-state index contributed by atoms with van der Waals surface area (Å²) in [6, 6.07) is 13.1. The molecule has 2 heterocycles. The monoisotopic (exact) mass is 748 g/mol. The summed E-state index contributed by atoms with van der Waals surface area (Å²) in [5.74, 6) is -3.76. The van der Waals surface area contributed by atoms with Gasteiger partial charge in [-0.3, -0.25) is 14.4 Å². The van der Waals surface area contributed by atoms with Gasteiger partial charge in [-0.2, -0.15) is 0 Å². The highest BCUT2D eigenvalue weighted by molar-refractivity contribution is 9.10. The van der Waals surface area contributed by atoms with Crippen molar-refractivity contribution in [3.8, 4) is 11.5 Å². The first kappa shape index (κ1) is 34.8. The molecule has 0 aromatic heterocycles. The van der Waals surface area contributed by atoms with Gasteiger partial charge in [-0.15, -0.1) is 0 Å². The summed E-state index contributed by atoms with van der Waals surface area (Å²) in [5.41, 5.74) is -0.417. The van der Waals surface area contributed by atoms with Crippen molar-refractivity contribution in [2.75, 3.05) is 13.7 Å². The van der Waals surface area contributed by atoms with E-state index in [1.165, 1.54) is 14.0 Å². The number of esters is 2. The first-order valence-electron chi connectivity index (χ1n) is 16.8. The maximum absolute atomic E-state index is 13.9. The van der Waals surface area contributed by atoms with Crippen molar-refractivity contribution >= 4 is 33.7 Å². The largest absolute Gasteiger partial charge is 0.493 e. The first-order chi connectivity index (χ1) is 23.7. The van der Waals surface area contributed by atoms with Gasteiger partial charge in [0.05, 0.1) is 30.0 Å². The van der Waals surface area contributed by atoms with Gasteiger partial charge in [-0.05, 0) is 82.1 Å². The van der Waals surface area contributed by atoms with Gasteiger partial charge < -0.3 is 33.5 Å². The fraction of sp³-hybridized carbons (Fsp3) is 0.462. The molecule has 2 aliphatic heterocycles. The van der Waals surface area contributed by atoms with Crippen LogP contribution in [0.2, 0.25) is 0 Å². The lowest BCUT2D eigenvalue weighted by molar-refractivity contribution is -0.421. The molecule has 0 spiro atoms. The van der Waals surface area contributed by atoms with Crippen molar-refractivity contribution in [2.45, 2.75) is 82.3 Å². The molecule has 2 aromatic rings. The Kier molecular flexibility index (Phi) is 8.54. The number of carbonyl (C=O) groups is 3. The minimum atomic E-state index is -1.83. The van der Waals surface area contributed by atoms with Crippen LogP contribution in [0, 0.1) is 17.8 Å².